The summed E-state index contributed by atoms with van der Waals surface area (Å²) in [5, 5.41) is 8.75. The van der Waals surface area contributed by atoms with E-state index in [-0.39, 0.29) is 12.3 Å². The van der Waals surface area contributed by atoms with Crippen molar-refractivity contribution in [3.05, 3.63) is 396 Å². The molecule has 0 unspecified atom stereocenters. The fraction of sp³-hybridized carbons (Fsp3) is 0.0745. The number of nitrogen functional groups attached to an aromatic ring is 4. The second-order valence-corrected chi connectivity index (χ2v) is 24.1. The molecule has 9 N–H and O–H groups in total. The summed E-state index contributed by atoms with van der Waals surface area (Å²) in [6.45, 7) is 14.7. The van der Waals surface area contributed by atoms with Crippen molar-refractivity contribution < 1.29 is 29.1 Å². The monoisotopic (exact) mass is 1370 g/mol. The van der Waals surface area contributed by atoms with Crippen LogP contribution in [0, 0.1) is 48.5 Å². The highest BCUT2D eigenvalue weighted by molar-refractivity contribution is 5.88. The first kappa shape index (κ1) is 79.5. The molecule has 10 nitrogen and oxygen atoms in total. The van der Waals surface area contributed by atoms with Crippen LogP contribution in [0.2, 0.25) is 0 Å². The van der Waals surface area contributed by atoms with Crippen LogP contribution in [0.4, 0.5) is 22.7 Å². The maximum atomic E-state index is 10.6. The highest BCUT2D eigenvalue weighted by Crippen LogP contribution is 2.31. The van der Waals surface area contributed by atoms with Crippen LogP contribution in [-0.4, -0.2) is 23.4 Å². The van der Waals surface area contributed by atoms with Crippen molar-refractivity contribution in [3.8, 4) is 77.9 Å². The van der Waals surface area contributed by atoms with Crippen LogP contribution in [0.3, 0.4) is 0 Å². The molecule has 0 aromatic heterocycles. The van der Waals surface area contributed by atoms with Gasteiger partial charge in [-0.1, -0.05) is 326 Å². The first-order valence-electron chi connectivity index (χ1n) is 33.6. The van der Waals surface area contributed by atoms with Crippen LogP contribution in [0.1, 0.15) is 49.3 Å². The molecule has 0 aliphatic rings. The van der Waals surface area contributed by atoms with Gasteiger partial charge in [-0.05, 0) is 180 Å². The number of para-hydroxylation sites is 1. The molecule has 0 saturated heterocycles. The topological polar surface area (TPSA) is 210 Å². The SMILES string of the molecule is Cc1cc(-c2ccccc2)cc(C)c1N.Cc1cc(C)c(N)c(-c2ccccc2)c1.Cc1ccc(-c2cc(C)cc(C)c2)cc1.Nc1ccc(-c2ccccc2)cc1.Nc1ccccc1-c1ccccc1.O=C(O)c1ccc(-c2ccccc2)cc1.O=C=O.O=C=O.c1ccc(-c2ccccc2)cc1. The molecule has 0 fully saturated rings. The number of nitrogens with two attached hydrogens (primary N) is 4. The van der Waals surface area contributed by atoms with E-state index in [0.717, 1.165) is 61.7 Å². The number of aromatic carboxylic acids is 1. The van der Waals surface area contributed by atoms with E-state index in [2.05, 4.69) is 224 Å². The fourth-order valence-electron chi connectivity index (χ4n) is 10.9. The molecule has 0 aliphatic heterocycles. The number of carbonyl (C=O) groups excluding carboxylic acids is 4. The Morgan fingerprint density at radius 1 is 0.250 bits per heavy atom. The fourth-order valence-corrected chi connectivity index (χ4v) is 10.9. The van der Waals surface area contributed by atoms with Gasteiger partial charge in [0.05, 0.1) is 5.56 Å². The zero-order valence-electron chi connectivity index (χ0n) is 59.8. The van der Waals surface area contributed by atoms with E-state index in [1.165, 1.54) is 77.9 Å². The molecule has 14 rings (SSSR count). The number of carboxylic acids is 1. The number of anilines is 4. The Kier molecular flexibility index (Phi) is 33.0. The summed E-state index contributed by atoms with van der Waals surface area (Å²) in [5.74, 6) is -0.894. The predicted octanol–water partition coefficient (Wildman–Crippen LogP) is 22.5. The van der Waals surface area contributed by atoms with E-state index in [1.54, 1.807) is 12.1 Å². The average molecular weight is 1370 g/mol. The van der Waals surface area contributed by atoms with Crippen molar-refractivity contribution in [1.29, 1.82) is 0 Å². The largest absolute Gasteiger partial charge is 0.478 e. The number of carboxylic acid groups (broad SMARTS) is 1. The van der Waals surface area contributed by atoms with E-state index in [0.29, 0.717) is 5.56 Å². The molecule has 0 bridgehead atoms. The van der Waals surface area contributed by atoms with E-state index < -0.39 is 5.97 Å². The molecule has 0 aliphatic carbocycles. The standard InChI is InChI=1S/C15H16.2C14H15N.C13H10O2.2C12H11N.C12H10.2CO2/c1-11-4-6-14(7-5-11)15-9-12(2)8-13(3)10-15;1-10-8-13(9-11(2)14(10)15)12-6-4-3-5-7-12;1-10-8-11(2)14(15)13(9-10)12-6-4-3-5-7-12;14-13(15)12-8-6-11(7-9-12)10-4-2-1-3-5-10;13-12-9-5-4-8-11(12)10-6-2-1-3-7-10;13-12-8-6-11(7-9-12)10-4-2-1-3-5-10;1-3-7-11(8-4-1)12-9-5-2-6-10-12;2*2-1-3/h4-10H,1-3H3;2*3-9H,15H2,1-2H3;1-9H,(H,14,15);2*1-9H,13H2;1-10H;;. The van der Waals surface area contributed by atoms with Crippen LogP contribution >= 0.6 is 0 Å². The van der Waals surface area contributed by atoms with Crippen molar-refractivity contribution in [2.24, 2.45) is 0 Å². The van der Waals surface area contributed by atoms with Crippen LogP contribution < -0.4 is 22.9 Å². The van der Waals surface area contributed by atoms with E-state index in [1.807, 2.05) is 164 Å². The summed E-state index contributed by atoms with van der Waals surface area (Å²) in [5.41, 5.74) is 52.6. The van der Waals surface area contributed by atoms with Crippen LogP contribution in [-0.2, 0) is 19.2 Å². The Morgan fingerprint density at radius 2 is 0.519 bits per heavy atom. The maximum absolute atomic E-state index is 10.6. The second kappa shape index (κ2) is 43.1. The summed E-state index contributed by atoms with van der Waals surface area (Å²) >= 11 is 0. The number of hydrogen-bond donors (Lipinski definition) is 5. The first-order valence-corrected chi connectivity index (χ1v) is 33.6. The quantitative estimate of drug-likeness (QED) is 0.0909. The molecule has 0 heterocycles. The lowest BCUT2D eigenvalue weighted by molar-refractivity contribution is -0.193. The van der Waals surface area contributed by atoms with E-state index >= 15 is 0 Å². The van der Waals surface area contributed by atoms with Gasteiger partial charge in [0.15, 0.2) is 0 Å². The lowest BCUT2D eigenvalue weighted by Gasteiger charge is -2.10. The highest BCUT2D eigenvalue weighted by Gasteiger charge is 2.08. The van der Waals surface area contributed by atoms with Gasteiger partial charge in [0.25, 0.3) is 0 Å². The average Bonchev–Trinajstić information content (AvgIpc) is 0.832. The first-order chi connectivity index (χ1) is 50.3. The third-order valence-corrected chi connectivity index (χ3v) is 16.1. The van der Waals surface area contributed by atoms with E-state index in [4.69, 9.17) is 47.2 Å². The van der Waals surface area contributed by atoms with Gasteiger partial charge in [0.2, 0.25) is 0 Å². The summed E-state index contributed by atoms with van der Waals surface area (Å²) in [6.07, 6.45) is 0.500. The summed E-state index contributed by atoms with van der Waals surface area (Å²) < 4.78 is 0. The third kappa shape index (κ3) is 26.6. The van der Waals surface area contributed by atoms with Crippen LogP contribution in [0.25, 0.3) is 77.9 Å². The Balaban J connectivity index is 0.000000188. The zero-order chi connectivity index (χ0) is 75.0. The molecule has 520 valence electrons. The van der Waals surface area contributed by atoms with Gasteiger partial charge >= 0.3 is 18.3 Å². The van der Waals surface area contributed by atoms with E-state index in [9.17, 15) is 4.79 Å². The molecule has 0 atom stereocenters. The third-order valence-electron chi connectivity index (χ3n) is 16.1. The molecule has 0 radical (unpaired) electrons. The summed E-state index contributed by atoms with van der Waals surface area (Å²) in [6, 6.07) is 118. The number of carbonyl (C=O) groups is 1. The molecule has 104 heavy (non-hydrogen) atoms. The molecule has 0 saturated carbocycles. The zero-order valence-corrected chi connectivity index (χ0v) is 59.8. The molecular weight excluding hydrogens is 1280 g/mol. The van der Waals surface area contributed by atoms with Crippen molar-refractivity contribution in [2.45, 2.75) is 48.5 Å². The molecule has 10 heteroatoms. The van der Waals surface area contributed by atoms with Gasteiger partial charge < -0.3 is 28.0 Å². The minimum atomic E-state index is -0.894. The Labute approximate surface area is 612 Å². The number of hydrogen-bond acceptors (Lipinski definition) is 9. The number of benzene rings is 14. The van der Waals surface area contributed by atoms with Crippen molar-refractivity contribution >= 4 is 41.0 Å². The number of rotatable bonds is 8. The van der Waals surface area contributed by atoms with Gasteiger partial charge in [0.1, 0.15) is 0 Å². The predicted molar refractivity (Wildman–Crippen MR) is 431 cm³/mol. The molecule has 0 amide bonds. The van der Waals surface area contributed by atoms with Crippen molar-refractivity contribution in [3.63, 3.8) is 0 Å². The Morgan fingerprint density at radius 3 is 0.885 bits per heavy atom. The Hall–Kier alpha value is -13.5. The lowest BCUT2D eigenvalue weighted by Crippen LogP contribution is -1.94. The summed E-state index contributed by atoms with van der Waals surface area (Å²) in [4.78, 5) is 43.1. The normalized spacial score (nSPS) is 9.61. The van der Waals surface area contributed by atoms with Gasteiger partial charge in [-0.2, -0.15) is 19.2 Å². The smallest absolute Gasteiger partial charge is 0.373 e. The van der Waals surface area contributed by atoms with Crippen molar-refractivity contribution in [2.75, 3.05) is 22.9 Å². The van der Waals surface area contributed by atoms with Gasteiger partial charge in [-0.25, -0.2) is 4.79 Å². The molecule has 14 aromatic carbocycles. The van der Waals surface area contributed by atoms with Gasteiger partial charge in [-0.3, -0.25) is 0 Å². The lowest BCUT2D eigenvalue weighted by atomic mass is 9.98. The maximum Gasteiger partial charge on any atom is 0.373 e. The minimum Gasteiger partial charge on any atom is -0.478 e. The molecular formula is C94H88N4O6. The second-order valence-electron chi connectivity index (χ2n) is 24.1. The molecule has 0 spiro atoms. The van der Waals surface area contributed by atoms with Crippen LogP contribution in [0.5, 0.6) is 0 Å². The summed E-state index contributed by atoms with van der Waals surface area (Å²) in [7, 11) is 0. The molecule has 14 aromatic rings. The van der Waals surface area contributed by atoms with Gasteiger partial charge in [-0.15, -0.1) is 0 Å². The Bertz CT molecular complexity index is 4820. The van der Waals surface area contributed by atoms with Crippen LogP contribution in [0.15, 0.2) is 352 Å². The van der Waals surface area contributed by atoms with Crippen molar-refractivity contribution in [1.82, 2.24) is 0 Å². The highest BCUT2D eigenvalue weighted by atomic mass is 16.4. The minimum absolute atomic E-state index is 0.250. The van der Waals surface area contributed by atoms with Gasteiger partial charge in [0, 0.05) is 33.9 Å². The number of aryl methyl sites for hydroxylation is 7.